The molecule has 0 bridgehead atoms. The number of hydrogen-bond acceptors (Lipinski definition) is 3. The summed E-state index contributed by atoms with van der Waals surface area (Å²) in [6.07, 6.45) is 1.91. The van der Waals surface area contributed by atoms with Gasteiger partial charge in [-0.2, -0.15) is 0 Å². The van der Waals surface area contributed by atoms with Crippen LogP contribution >= 0.6 is 0 Å². The van der Waals surface area contributed by atoms with Gasteiger partial charge >= 0.3 is 0 Å². The maximum Gasteiger partial charge on any atom is 0.108 e. The van der Waals surface area contributed by atoms with Crippen LogP contribution in [0, 0.1) is 0 Å². The predicted octanol–water partition coefficient (Wildman–Crippen LogP) is 10.9. The van der Waals surface area contributed by atoms with Gasteiger partial charge < -0.3 is 4.90 Å². The molecule has 0 fully saturated rings. The Balaban J connectivity index is 1.66. The first-order valence-electron chi connectivity index (χ1n) is 16.2. The number of fused-ring (bicyclic) bond motifs is 2. The highest BCUT2D eigenvalue weighted by atomic mass is 15.2. The van der Waals surface area contributed by atoms with Crippen molar-refractivity contribution in [2.24, 2.45) is 0 Å². The van der Waals surface area contributed by atoms with E-state index in [0.29, 0.717) is 0 Å². The zero-order chi connectivity index (χ0) is 32.1. The molecule has 0 atom stereocenters. The van der Waals surface area contributed by atoms with Crippen LogP contribution in [0.2, 0.25) is 0 Å². The first-order valence-corrected chi connectivity index (χ1v) is 16.2. The summed E-state index contributed by atoms with van der Waals surface area (Å²) in [4.78, 5) is 13.1. The lowest BCUT2D eigenvalue weighted by Crippen LogP contribution is -2.39. The van der Waals surface area contributed by atoms with Crippen molar-refractivity contribution in [2.45, 2.75) is 57.8 Å². The summed E-state index contributed by atoms with van der Waals surface area (Å²) in [6, 6.07) is 48.0. The van der Waals surface area contributed by atoms with E-state index in [1.807, 2.05) is 18.3 Å². The topological polar surface area (TPSA) is 29.0 Å². The quantitative estimate of drug-likeness (QED) is 0.201. The molecular weight excluding hydrogens is 558 g/mol. The predicted molar refractivity (Wildman–Crippen MR) is 191 cm³/mol. The van der Waals surface area contributed by atoms with Crippen molar-refractivity contribution in [1.82, 2.24) is 9.97 Å². The van der Waals surface area contributed by atoms with E-state index in [4.69, 9.17) is 9.97 Å². The molecule has 0 amide bonds. The van der Waals surface area contributed by atoms with Gasteiger partial charge in [-0.3, -0.25) is 9.97 Å². The van der Waals surface area contributed by atoms with Crippen LogP contribution in [0.4, 0.5) is 17.1 Å². The van der Waals surface area contributed by atoms with Crippen molar-refractivity contribution < 1.29 is 0 Å². The lowest BCUT2D eigenvalue weighted by Gasteiger charge is -2.46. The lowest BCUT2D eigenvalue weighted by molar-refractivity contribution is 0.586. The molecule has 0 N–H and O–H groups in total. The maximum absolute atomic E-state index is 5.49. The normalized spacial score (nSPS) is 14.0. The average Bonchev–Trinajstić information content (AvgIpc) is 3.07. The Morgan fingerprint density at radius 1 is 0.522 bits per heavy atom. The number of rotatable bonds is 4. The first kappa shape index (κ1) is 29.7. The van der Waals surface area contributed by atoms with Gasteiger partial charge in [0.2, 0.25) is 0 Å². The Bertz CT molecular complexity index is 1930. The number of nitrogens with zero attached hydrogens (tertiary/aromatic N) is 3. The Labute approximate surface area is 273 Å². The maximum atomic E-state index is 5.49. The fourth-order valence-electron chi connectivity index (χ4n) is 6.81. The second-order valence-electron chi connectivity index (χ2n) is 14.4. The largest absolute Gasteiger partial charge is 0.310 e. The molecule has 0 unspecified atom stereocenters. The van der Waals surface area contributed by atoms with Crippen molar-refractivity contribution in [3.63, 3.8) is 0 Å². The van der Waals surface area contributed by atoms with Crippen LogP contribution < -0.4 is 4.90 Å². The average molecular weight is 600 g/mol. The van der Waals surface area contributed by atoms with E-state index in [1.54, 1.807) is 0 Å². The molecule has 4 aromatic carbocycles. The molecule has 2 aromatic heterocycles. The minimum atomic E-state index is -0.769. The minimum absolute atomic E-state index is 0.0376. The van der Waals surface area contributed by atoms with Crippen LogP contribution in [0.3, 0.4) is 0 Å². The van der Waals surface area contributed by atoms with E-state index in [-0.39, 0.29) is 10.8 Å². The van der Waals surface area contributed by atoms with E-state index >= 15 is 0 Å². The fraction of sp³-hybridized carbons (Fsp3) is 0.209. The summed E-state index contributed by atoms with van der Waals surface area (Å²) in [6.45, 7) is 13.7. The standard InChI is InChI=1S/C43H41N3/c1-41(2,3)31-23-25-34-37(28-31)46(33-18-11-8-12-19-33)38-29-32(42(4,5)6)24-26-35(38)43(34,39-21-13-14-27-44-39)40-22-15-20-36(45-40)30-16-9-7-10-17-30/h7-29H,1-6H3. The molecule has 0 saturated heterocycles. The van der Waals surface area contributed by atoms with Crippen molar-refractivity contribution >= 4 is 17.1 Å². The summed E-state index contributed by atoms with van der Waals surface area (Å²) < 4.78 is 0. The SMILES string of the molecule is CC(C)(C)c1ccc2c(c1)N(c1ccccc1)c1cc(C(C)(C)C)ccc1C2(c1ccccn1)c1cccc(-c2ccccc2)n1. The van der Waals surface area contributed by atoms with Gasteiger partial charge in [0.15, 0.2) is 0 Å². The number of anilines is 3. The fourth-order valence-corrected chi connectivity index (χ4v) is 6.81. The monoisotopic (exact) mass is 599 g/mol. The van der Waals surface area contributed by atoms with Crippen molar-refractivity contribution in [2.75, 3.05) is 4.90 Å². The molecule has 0 radical (unpaired) electrons. The summed E-state index contributed by atoms with van der Waals surface area (Å²) in [5, 5.41) is 0. The van der Waals surface area contributed by atoms with Crippen molar-refractivity contribution in [1.29, 1.82) is 0 Å². The van der Waals surface area contributed by atoms with E-state index in [0.717, 1.165) is 50.8 Å². The van der Waals surface area contributed by atoms with Crippen LogP contribution in [0.1, 0.15) is 75.2 Å². The Kier molecular flexibility index (Phi) is 7.16. The summed E-state index contributed by atoms with van der Waals surface area (Å²) in [5.74, 6) is 0. The van der Waals surface area contributed by atoms with Gasteiger partial charge in [-0.25, -0.2) is 0 Å². The van der Waals surface area contributed by atoms with Crippen LogP contribution in [0.5, 0.6) is 0 Å². The third kappa shape index (κ3) is 4.91. The Morgan fingerprint density at radius 2 is 1.07 bits per heavy atom. The number of pyridine rings is 2. The molecule has 0 saturated carbocycles. The number of hydrogen-bond donors (Lipinski definition) is 0. The Hall–Kier alpha value is -5.02. The molecule has 3 heteroatoms. The van der Waals surface area contributed by atoms with Crippen LogP contribution in [-0.2, 0) is 16.2 Å². The van der Waals surface area contributed by atoms with E-state index in [1.165, 1.54) is 11.1 Å². The van der Waals surface area contributed by atoms with Gasteiger partial charge in [-0.05, 0) is 81.6 Å². The minimum Gasteiger partial charge on any atom is -0.310 e. The summed E-state index contributed by atoms with van der Waals surface area (Å²) >= 11 is 0. The number of benzene rings is 4. The zero-order valence-electron chi connectivity index (χ0n) is 27.6. The molecule has 1 aliphatic heterocycles. The van der Waals surface area contributed by atoms with Gasteiger partial charge in [-0.1, -0.05) is 126 Å². The molecule has 3 heterocycles. The molecule has 228 valence electrons. The van der Waals surface area contributed by atoms with E-state index < -0.39 is 5.41 Å². The first-order chi connectivity index (χ1) is 22.1. The van der Waals surface area contributed by atoms with Gasteiger partial charge in [0, 0.05) is 17.4 Å². The summed E-state index contributed by atoms with van der Waals surface area (Å²) in [7, 11) is 0. The molecular formula is C43H41N3. The second kappa shape index (κ2) is 11.1. The smallest absolute Gasteiger partial charge is 0.108 e. The van der Waals surface area contributed by atoms with Gasteiger partial charge in [0.25, 0.3) is 0 Å². The molecule has 3 nitrogen and oxygen atoms in total. The lowest BCUT2D eigenvalue weighted by atomic mass is 9.64. The highest BCUT2D eigenvalue weighted by Crippen LogP contribution is 2.58. The van der Waals surface area contributed by atoms with Gasteiger partial charge in [0.05, 0.1) is 28.5 Å². The van der Waals surface area contributed by atoms with Gasteiger partial charge in [0.1, 0.15) is 5.41 Å². The number of aromatic nitrogens is 2. The third-order valence-corrected chi connectivity index (χ3v) is 9.28. The zero-order valence-corrected chi connectivity index (χ0v) is 27.6. The Morgan fingerprint density at radius 3 is 1.61 bits per heavy atom. The third-order valence-electron chi connectivity index (χ3n) is 9.28. The number of para-hydroxylation sites is 1. The van der Waals surface area contributed by atoms with Crippen molar-refractivity contribution in [3.05, 3.63) is 173 Å². The second-order valence-corrected chi connectivity index (χ2v) is 14.4. The molecule has 0 spiro atoms. The highest BCUT2D eigenvalue weighted by molar-refractivity contribution is 5.89. The van der Waals surface area contributed by atoms with E-state index in [2.05, 4.69) is 168 Å². The van der Waals surface area contributed by atoms with Crippen LogP contribution in [0.25, 0.3) is 11.3 Å². The van der Waals surface area contributed by atoms with Crippen LogP contribution in [0.15, 0.2) is 140 Å². The molecule has 46 heavy (non-hydrogen) atoms. The van der Waals surface area contributed by atoms with Crippen molar-refractivity contribution in [3.8, 4) is 11.3 Å². The molecule has 0 aliphatic carbocycles. The molecule has 6 aromatic rings. The summed E-state index contributed by atoms with van der Waals surface area (Å²) in [5.41, 5.74) is 11.4. The van der Waals surface area contributed by atoms with E-state index in [9.17, 15) is 0 Å². The molecule has 7 rings (SSSR count). The molecule has 1 aliphatic rings. The van der Waals surface area contributed by atoms with Crippen LogP contribution in [-0.4, -0.2) is 9.97 Å². The highest BCUT2D eigenvalue weighted by Gasteiger charge is 2.49. The van der Waals surface area contributed by atoms with Gasteiger partial charge in [-0.15, -0.1) is 0 Å².